The van der Waals surface area contributed by atoms with E-state index in [1.807, 2.05) is 30.3 Å². The number of methoxy groups -OCH3 is 1. The molecule has 5 nitrogen and oxygen atoms in total. The van der Waals surface area contributed by atoms with Crippen molar-refractivity contribution in [2.75, 3.05) is 19.0 Å². The average molecular weight is 340 g/mol. The highest BCUT2D eigenvalue weighted by molar-refractivity contribution is 5.88. The van der Waals surface area contributed by atoms with Crippen LogP contribution in [-0.2, 0) is 11.2 Å². The molecule has 0 bridgehead atoms. The average Bonchev–Trinajstić information content (AvgIpc) is 2.61. The van der Waals surface area contributed by atoms with Crippen LogP contribution >= 0.6 is 0 Å². The van der Waals surface area contributed by atoms with Gasteiger partial charge in [-0.1, -0.05) is 18.2 Å². The second-order valence-electron chi connectivity index (χ2n) is 6.38. The number of carbonyl (C=O) groups is 1. The molecular weight excluding hydrogens is 316 g/mol. The van der Waals surface area contributed by atoms with Gasteiger partial charge in [-0.15, -0.1) is 0 Å². The first kappa shape index (κ1) is 17.3. The van der Waals surface area contributed by atoms with Crippen LogP contribution in [0.4, 0.5) is 5.69 Å². The number of nitrogens with one attached hydrogen (secondary N) is 2. The van der Waals surface area contributed by atoms with E-state index in [0.29, 0.717) is 6.61 Å². The Hall–Kier alpha value is -2.53. The molecule has 2 aromatic carbocycles. The second kappa shape index (κ2) is 7.57. The van der Waals surface area contributed by atoms with Crippen LogP contribution in [0, 0.1) is 0 Å². The molecule has 1 aliphatic heterocycles. The molecule has 0 aliphatic carbocycles. The van der Waals surface area contributed by atoms with Gasteiger partial charge in [-0.3, -0.25) is 4.79 Å². The number of benzene rings is 2. The molecule has 3 rings (SSSR count). The first-order chi connectivity index (χ1) is 12.0. The summed E-state index contributed by atoms with van der Waals surface area (Å²) in [4.78, 5) is 11.2. The van der Waals surface area contributed by atoms with Gasteiger partial charge in [0.25, 0.3) is 0 Å². The molecule has 0 radical (unpaired) electrons. The molecule has 1 aliphatic rings. The van der Waals surface area contributed by atoms with Gasteiger partial charge in [-0.05, 0) is 42.7 Å². The Labute approximate surface area is 148 Å². The highest BCUT2D eigenvalue weighted by atomic mass is 16.5. The molecular formula is C20H24N2O3. The van der Waals surface area contributed by atoms with E-state index in [2.05, 4.69) is 29.7 Å². The zero-order chi connectivity index (χ0) is 17.8. The monoisotopic (exact) mass is 340 g/mol. The molecule has 0 unspecified atom stereocenters. The van der Waals surface area contributed by atoms with Gasteiger partial charge in [0.05, 0.1) is 7.11 Å². The molecule has 2 atom stereocenters. The predicted molar refractivity (Wildman–Crippen MR) is 98.3 cm³/mol. The van der Waals surface area contributed by atoms with Crippen LogP contribution in [0.5, 0.6) is 11.5 Å². The largest absolute Gasteiger partial charge is 0.497 e. The SMILES string of the molecule is COc1ccc2c(c1)OC[C@H](N[C@H](C)c1cccc(NC(C)=O)c1)C2. The lowest BCUT2D eigenvalue weighted by Crippen LogP contribution is -2.40. The van der Waals surface area contributed by atoms with Crippen LogP contribution in [0.15, 0.2) is 42.5 Å². The molecule has 5 heteroatoms. The van der Waals surface area contributed by atoms with Gasteiger partial charge in [0, 0.05) is 30.8 Å². The van der Waals surface area contributed by atoms with Crippen molar-refractivity contribution >= 4 is 11.6 Å². The van der Waals surface area contributed by atoms with Crippen LogP contribution in [0.2, 0.25) is 0 Å². The number of rotatable bonds is 5. The fourth-order valence-electron chi connectivity index (χ4n) is 3.13. The van der Waals surface area contributed by atoms with Crippen molar-refractivity contribution in [2.24, 2.45) is 0 Å². The number of hydrogen-bond acceptors (Lipinski definition) is 4. The van der Waals surface area contributed by atoms with Gasteiger partial charge in [-0.25, -0.2) is 0 Å². The van der Waals surface area contributed by atoms with E-state index in [0.717, 1.165) is 29.2 Å². The number of fused-ring (bicyclic) bond motifs is 1. The third-order valence-electron chi connectivity index (χ3n) is 4.37. The Balaban J connectivity index is 1.65. The topological polar surface area (TPSA) is 59.6 Å². The minimum atomic E-state index is -0.0644. The van der Waals surface area contributed by atoms with Crippen LogP contribution in [-0.4, -0.2) is 25.7 Å². The van der Waals surface area contributed by atoms with Crippen molar-refractivity contribution in [3.63, 3.8) is 0 Å². The molecule has 1 heterocycles. The summed E-state index contributed by atoms with van der Waals surface area (Å²) < 4.78 is 11.1. The lowest BCUT2D eigenvalue weighted by molar-refractivity contribution is -0.114. The summed E-state index contributed by atoms with van der Waals surface area (Å²) in [5, 5.41) is 6.44. The number of anilines is 1. The summed E-state index contributed by atoms with van der Waals surface area (Å²) >= 11 is 0. The Morgan fingerprint density at radius 3 is 2.88 bits per heavy atom. The maximum absolute atomic E-state index is 11.2. The fraction of sp³-hybridized carbons (Fsp3) is 0.350. The van der Waals surface area contributed by atoms with E-state index in [9.17, 15) is 4.79 Å². The van der Waals surface area contributed by atoms with Gasteiger partial charge in [0.2, 0.25) is 5.91 Å². The predicted octanol–water partition coefficient (Wildman–Crippen LogP) is 3.31. The van der Waals surface area contributed by atoms with E-state index in [4.69, 9.17) is 9.47 Å². The maximum atomic E-state index is 11.2. The number of hydrogen-bond donors (Lipinski definition) is 2. The van der Waals surface area contributed by atoms with Crippen LogP contribution in [0.1, 0.15) is 31.0 Å². The number of ether oxygens (including phenoxy) is 2. The standard InChI is InChI=1S/C20H24N2O3/c1-13(15-5-4-6-17(9-15)22-14(2)23)21-18-10-16-7-8-19(24-3)11-20(16)25-12-18/h4-9,11,13,18,21H,10,12H2,1-3H3,(H,22,23)/t13-,18-/m1/s1. The molecule has 1 amide bonds. The smallest absolute Gasteiger partial charge is 0.221 e. The molecule has 25 heavy (non-hydrogen) atoms. The van der Waals surface area contributed by atoms with Gasteiger partial charge >= 0.3 is 0 Å². The summed E-state index contributed by atoms with van der Waals surface area (Å²) in [5.74, 6) is 1.65. The Bertz CT molecular complexity index is 760. The number of carbonyl (C=O) groups excluding carboxylic acids is 1. The Kier molecular flexibility index (Phi) is 5.24. The fourth-order valence-corrected chi connectivity index (χ4v) is 3.13. The quantitative estimate of drug-likeness (QED) is 0.877. The van der Waals surface area contributed by atoms with E-state index >= 15 is 0 Å². The first-order valence-electron chi connectivity index (χ1n) is 8.48. The molecule has 0 saturated carbocycles. The van der Waals surface area contributed by atoms with Crippen molar-refractivity contribution in [1.29, 1.82) is 0 Å². The maximum Gasteiger partial charge on any atom is 0.221 e. The molecule has 0 fully saturated rings. The van der Waals surface area contributed by atoms with Crippen molar-refractivity contribution in [3.05, 3.63) is 53.6 Å². The minimum absolute atomic E-state index is 0.0644. The molecule has 2 aromatic rings. The second-order valence-corrected chi connectivity index (χ2v) is 6.38. The van der Waals surface area contributed by atoms with Gasteiger partial charge in [0.1, 0.15) is 18.1 Å². The summed E-state index contributed by atoms with van der Waals surface area (Å²) in [7, 11) is 1.66. The van der Waals surface area contributed by atoms with Crippen LogP contribution < -0.4 is 20.1 Å². The molecule has 0 saturated heterocycles. The van der Waals surface area contributed by atoms with E-state index < -0.39 is 0 Å². The minimum Gasteiger partial charge on any atom is -0.497 e. The highest BCUT2D eigenvalue weighted by Gasteiger charge is 2.22. The third-order valence-corrected chi connectivity index (χ3v) is 4.37. The summed E-state index contributed by atoms with van der Waals surface area (Å²) in [6.07, 6.45) is 0.912. The highest BCUT2D eigenvalue weighted by Crippen LogP contribution is 2.30. The van der Waals surface area contributed by atoms with Gasteiger partial charge < -0.3 is 20.1 Å². The normalized spacial score (nSPS) is 17.2. The van der Waals surface area contributed by atoms with Crippen molar-refractivity contribution in [2.45, 2.75) is 32.4 Å². The molecule has 0 aromatic heterocycles. The van der Waals surface area contributed by atoms with E-state index in [1.54, 1.807) is 7.11 Å². The Morgan fingerprint density at radius 2 is 2.12 bits per heavy atom. The first-order valence-corrected chi connectivity index (χ1v) is 8.48. The summed E-state index contributed by atoms with van der Waals surface area (Å²) in [6, 6.07) is 14.3. The van der Waals surface area contributed by atoms with Crippen LogP contribution in [0.25, 0.3) is 0 Å². The van der Waals surface area contributed by atoms with Gasteiger partial charge in [0.15, 0.2) is 0 Å². The lowest BCUT2D eigenvalue weighted by Gasteiger charge is -2.29. The Morgan fingerprint density at radius 1 is 1.28 bits per heavy atom. The van der Waals surface area contributed by atoms with Crippen LogP contribution in [0.3, 0.4) is 0 Å². The molecule has 2 N–H and O–H groups in total. The molecule has 0 spiro atoms. The van der Waals surface area contributed by atoms with Crippen molar-refractivity contribution < 1.29 is 14.3 Å². The van der Waals surface area contributed by atoms with Gasteiger partial charge in [-0.2, -0.15) is 0 Å². The molecule has 132 valence electrons. The van der Waals surface area contributed by atoms with Crippen molar-refractivity contribution in [3.8, 4) is 11.5 Å². The zero-order valence-electron chi connectivity index (χ0n) is 14.8. The third kappa shape index (κ3) is 4.31. The zero-order valence-corrected chi connectivity index (χ0v) is 14.8. The summed E-state index contributed by atoms with van der Waals surface area (Å²) in [6.45, 7) is 4.26. The van der Waals surface area contributed by atoms with E-state index in [-0.39, 0.29) is 18.0 Å². The van der Waals surface area contributed by atoms with E-state index in [1.165, 1.54) is 12.5 Å². The lowest BCUT2D eigenvalue weighted by atomic mass is 10.00. The number of amides is 1. The summed E-state index contributed by atoms with van der Waals surface area (Å²) in [5.41, 5.74) is 3.13. The van der Waals surface area contributed by atoms with Crippen molar-refractivity contribution in [1.82, 2.24) is 5.32 Å².